The molecule has 0 fully saturated rings. The third kappa shape index (κ3) is 4.71. The van der Waals surface area contributed by atoms with Gasteiger partial charge < -0.3 is 10.6 Å². The Bertz CT molecular complexity index is 373. The molecule has 0 aliphatic carbocycles. The van der Waals surface area contributed by atoms with Crippen LogP contribution in [0, 0.1) is 0 Å². The van der Waals surface area contributed by atoms with E-state index in [0.29, 0.717) is 12.4 Å². The molecule has 0 atom stereocenters. The fourth-order valence-electron chi connectivity index (χ4n) is 1.07. The normalized spacial score (nSPS) is 10.4. The molecule has 2 N–H and O–H groups in total. The first-order valence-corrected chi connectivity index (χ1v) is 5.25. The van der Waals surface area contributed by atoms with Crippen molar-refractivity contribution in [2.45, 2.75) is 19.8 Å². The lowest BCUT2D eigenvalue weighted by Crippen LogP contribution is -2.29. The van der Waals surface area contributed by atoms with Gasteiger partial charge in [-0.15, -0.1) is 0 Å². The predicted molar refractivity (Wildman–Crippen MR) is 59.1 cm³/mol. The third-order valence-corrected chi connectivity index (χ3v) is 1.84. The van der Waals surface area contributed by atoms with E-state index in [-0.39, 0.29) is 5.69 Å². The highest BCUT2D eigenvalue weighted by atomic mass is 19.3. The molecule has 94 valence electrons. The summed E-state index contributed by atoms with van der Waals surface area (Å²) in [6.07, 6.45) is 1.04. The summed E-state index contributed by atoms with van der Waals surface area (Å²) in [7, 11) is 0. The van der Waals surface area contributed by atoms with E-state index in [0.717, 1.165) is 6.42 Å². The zero-order valence-electron chi connectivity index (χ0n) is 9.41. The molecule has 0 saturated carbocycles. The highest BCUT2D eigenvalue weighted by molar-refractivity contribution is 5.92. The molecule has 1 aromatic rings. The van der Waals surface area contributed by atoms with Gasteiger partial charge in [-0.1, -0.05) is 6.92 Å². The van der Waals surface area contributed by atoms with Gasteiger partial charge in [0.15, 0.2) is 0 Å². The van der Waals surface area contributed by atoms with Gasteiger partial charge in [0.1, 0.15) is 11.5 Å². The smallest absolute Gasteiger partial charge is 0.271 e. The first-order valence-electron chi connectivity index (χ1n) is 5.25. The molecule has 0 aliphatic rings. The van der Waals surface area contributed by atoms with Crippen LogP contribution in [0.25, 0.3) is 0 Å². The maximum atomic E-state index is 11.9. The van der Waals surface area contributed by atoms with Gasteiger partial charge in [0.25, 0.3) is 12.3 Å². The van der Waals surface area contributed by atoms with Crippen LogP contribution in [0.5, 0.6) is 0 Å². The Morgan fingerprint density at radius 1 is 1.47 bits per heavy atom. The maximum absolute atomic E-state index is 11.9. The van der Waals surface area contributed by atoms with Crippen LogP contribution in [-0.4, -0.2) is 35.4 Å². The number of hydrogen-bond donors (Lipinski definition) is 2. The molecule has 1 heterocycles. The van der Waals surface area contributed by atoms with Gasteiger partial charge in [0.05, 0.1) is 18.9 Å². The van der Waals surface area contributed by atoms with E-state index in [1.807, 2.05) is 6.92 Å². The van der Waals surface area contributed by atoms with Crippen LogP contribution in [0.1, 0.15) is 23.8 Å². The minimum atomic E-state index is -2.58. The standard InChI is InChI=1S/C10H14F2N4O/c1-2-3-14-9-6-13-4-7(16-9)10(17)15-5-8(11)12/h4,6,8H,2-3,5H2,1H3,(H,14,16)(H,15,17). The van der Waals surface area contributed by atoms with E-state index in [1.54, 1.807) is 0 Å². The zero-order chi connectivity index (χ0) is 12.7. The van der Waals surface area contributed by atoms with Crippen molar-refractivity contribution in [2.75, 3.05) is 18.4 Å². The van der Waals surface area contributed by atoms with Crippen molar-refractivity contribution in [3.63, 3.8) is 0 Å². The quantitative estimate of drug-likeness (QED) is 0.791. The molecule has 0 radical (unpaired) electrons. The van der Waals surface area contributed by atoms with E-state index in [4.69, 9.17) is 0 Å². The van der Waals surface area contributed by atoms with Gasteiger partial charge in [0.2, 0.25) is 0 Å². The number of carbonyl (C=O) groups excluding carboxylic acids is 1. The minimum absolute atomic E-state index is 0.0201. The average Bonchev–Trinajstić information content (AvgIpc) is 2.33. The van der Waals surface area contributed by atoms with E-state index >= 15 is 0 Å². The summed E-state index contributed by atoms with van der Waals surface area (Å²) in [5, 5.41) is 5.02. The Kier molecular flexibility index (Phi) is 5.25. The van der Waals surface area contributed by atoms with Crippen LogP contribution in [0.4, 0.5) is 14.6 Å². The molecule has 0 aliphatic heterocycles. The van der Waals surface area contributed by atoms with Gasteiger partial charge in [-0.2, -0.15) is 0 Å². The lowest BCUT2D eigenvalue weighted by Gasteiger charge is -2.06. The first kappa shape index (κ1) is 13.3. The van der Waals surface area contributed by atoms with Gasteiger partial charge in [-0.25, -0.2) is 13.8 Å². The van der Waals surface area contributed by atoms with Gasteiger partial charge >= 0.3 is 0 Å². The maximum Gasteiger partial charge on any atom is 0.271 e. The first-order chi connectivity index (χ1) is 8.13. The number of aromatic nitrogens is 2. The number of alkyl halides is 2. The van der Waals surface area contributed by atoms with Crippen LogP contribution < -0.4 is 10.6 Å². The second-order valence-corrected chi connectivity index (χ2v) is 3.32. The molecule has 0 spiro atoms. The lowest BCUT2D eigenvalue weighted by atomic mass is 10.4. The molecule has 7 heteroatoms. The summed E-state index contributed by atoms with van der Waals surface area (Å²) >= 11 is 0. The van der Waals surface area contributed by atoms with E-state index in [1.165, 1.54) is 12.4 Å². The molecule has 17 heavy (non-hydrogen) atoms. The number of nitrogens with one attached hydrogen (secondary N) is 2. The number of anilines is 1. The molecule has 1 rings (SSSR count). The van der Waals surface area contributed by atoms with Crippen molar-refractivity contribution < 1.29 is 13.6 Å². The highest BCUT2D eigenvalue weighted by Crippen LogP contribution is 2.02. The van der Waals surface area contributed by atoms with Gasteiger partial charge in [0, 0.05) is 6.54 Å². The van der Waals surface area contributed by atoms with Crippen molar-refractivity contribution >= 4 is 11.7 Å². The minimum Gasteiger partial charge on any atom is -0.369 e. The molecular weight excluding hydrogens is 230 g/mol. The number of carbonyl (C=O) groups is 1. The van der Waals surface area contributed by atoms with Crippen LogP contribution in [0.15, 0.2) is 12.4 Å². The fourth-order valence-corrected chi connectivity index (χ4v) is 1.07. The Balaban J connectivity index is 2.60. The summed E-state index contributed by atoms with van der Waals surface area (Å²) in [5.41, 5.74) is 0.0201. The summed E-state index contributed by atoms with van der Waals surface area (Å²) in [4.78, 5) is 19.2. The highest BCUT2D eigenvalue weighted by Gasteiger charge is 2.10. The van der Waals surface area contributed by atoms with Gasteiger partial charge in [-0.05, 0) is 6.42 Å². The lowest BCUT2D eigenvalue weighted by molar-refractivity contribution is 0.0886. The van der Waals surface area contributed by atoms with Crippen molar-refractivity contribution in [2.24, 2.45) is 0 Å². The second kappa shape index (κ2) is 6.72. The van der Waals surface area contributed by atoms with Crippen molar-refractivity contribution in [3.05, 3.63) is 18.1 Å². The molecule has 0 aromatic carbocycles. The summed E-state index contributed by atoms with van der Waals surface area (Å²) < 4.78 is 23.8. The third-order valence-electron chi connectivity index (χ3n) is 1.84. The van der Waals surface area contributed by atoms with Crippen LogP contribution in [0.3, 0.4) is 0 Å². The Labute approximate surface area is 97.7 Å². The van der Waals surface area contributed by atoms with E-state index in [9.17, 15) is 13.6 Å². The molecule has 1 amide bonds. The summed E-state index contributed by atoms with van der Waals surface area (Å²) in [6.45, 7) is 2.00. The number of hydrogen-bond acceptors (Lipinski definition) is 4. The molecule has 0 unspecified atom stereocenters. The Morgan fingerprint density at radius 3 is 2.88 bits per heavy atom. The summed E-state index contributed by atoms with van der Waals surface area (Å²) in [6, 6.07) is 0. The SMILES string of the molecule is CCCNc1cncc(C(=O)NCC(F)F)n1. The molecule has 1 aromatic heterocycles. The van der Waals surface area contributed by atoms with Gasteiger partial charge in [-0.3, -0.25) is 9.78 Å². The Hall–Kier alpha value is -1.79. The van der Waals surface area contributed by atoms with Crippen LogP contribution in [-0.2, 0) is 0 Å². The number of halogens is 2. The fraction of sp³-hybridized carbons (Fsp3) is 0.500. The number of amides is 1. The van der Waals surface area contributed by atoms with Crippen molar-refractivity contribution in [1.82, 2.24) is 15.3 Å². The largest absolute Gasteiger partial charge is 0.369 e. The van der Waals surface area contributed by atoms with Crippen molar-refractivity contribution in [1.29, 1.82) is 0 Å². The number of nitrogens with zero attached hydrogens (tertiary/aromatic N) is 2. The monoisotopic (exact) mass is 244 g/mol. The molecular formula is C10H14F2N4O. The zero-order valence-corrected chi connectivity index (χ0v) is 9.41. The van der Waals surface area contributed by atoms with E-state index < -0.39 is 18.9 Å². The Morgan fingerprint density at radius 2 is 2.24 bits per heavy atom. The van der Waals surface area contributed by atoms with Crippen molar-refractivity contribution in [3.8, 4) is 0 Å². The summed E-state index contributed by atoms with van der Waals surface area (Å²) in [5.74, 6) is -0.200. The van der Waals surface area contributed by atoms with Crippen LogP contribution in [0.2, 0.25) is 0 Å². The predicted octanol–water partition coefficient (Wildman–Crippen LogP) is 1.29. The van der Waals surface area contributed by atoms with E-state index in [2.05, 4.69) is 20.6 Å². The molecule has 0 bridgehead atoms. The molecule has 0 saturated heterocycles. The topological polar surface area (TPSA) is 66.9 Å². The molecule has 5 nitrogen and oxygen atoms in total. The number of rotatable bonds is 6. The van der Waals surface area contributed by atoms with Crippen LogP contribution >= 0.6 is 0 Å². The second-order valence-electron chi connectivity index (χ2n) is 3.32. The average molecular weight is 244 g/mol.